The molecule has 0 fully saturated rings. The molecule has 0 radical (unpaired) electrons. The Morgan fingerprint density at radius 1 is 1.22 bits per heavy atom. The van der Waals surface area contributed by atoms with Gasteiger partial charge in [0.2, 0.25) is 5.91 Å². The van der Waals surface area contributed by atoms with Crippen LogP contribution in [0.4, 0.5) is 5.69 Å². The first-order chi connectivity index (χ1) is 13.0. The Labute approximate surface area is 164 Å². The van der Waals surface area contributed by atoms with Crippen molar-refractivity contribution < 1.29 is 9.59 Å². The van der Waals surface area contributed by atoms with E-state index in [9.17, 15) is 9.59 Å². The van der Waals surface area contributed by atoms with Crippen LogP contribution in [-0.4, -0.2) is 32.2 Å². The normalized spacial score (nSPS) is 10.6. The summed E-state index contributed by atoms with van der Waals surface area (Å²) in [7, 11) is 0. The number of Topliss-reactive ketones (excluding diaryl/α,β-unsaturated/α-hetero) is 1. The fourth-order valence-electron chi connectivity index (χ4n) is 2.52. The topological polar surface area (TPSA) is 76.9 Å². The van der Waals surface area contributed by atoms with E-state index in [1.54, 1.807) is 30.3 Å². The first-order valence-corrected chi connectivity index (χ1v) is 10.1. The molecule has 1 aromatic carbocycles. The lowest BCUT2D eigenvalue weighted by molar-refractivity contribution is -0.116. The van der Waals surface area contributed by atoms with E-state index in [1.807, 2.05) is 11.5 Å². The highest BCUT2D eigenvalue weighted by molar-refractivity contribution is 7.99. The standard InChI is InChI=1S/C20H26N4O2S/c1-4-6-7-8-19(26)21-17-11-9-16(10-12-17)18(25)14-27-20-23-22-15(3)24(20)13-5-2/h5,9-12H,2,4,6-8,13-14H2,1,3H3,(H,21,26). The summed E-state index contributed by atoms with van der Waals surface area (Å²) in [6, 6.07) is 7.01. The molecule has 1 amide bonds. The predicted molar refractivity (Wildman–Crippen MR) is 109 cm³/mol. The van der Waals surface area contributed by atoms with Crippen LogP contribution >= 0.6 is 11.8 Å². The lowest BCUT2D eigenvalue weighted by Gasteiger charge is -2.07. The Morgan fingerprint density at radius 2 is 1.96 bits per heavy atom. The van der Waals surface area contributed by atoms with Gasteiger partial charge in [-0.2, -0.15) is 0 Å². The molecule has 7 heteroatoms. The Balaban J connectivity index is 1.88. The number of carbonyl (C=O) groups is 2. The molecule has 1 N–H and O–H groups in total. The number of rotatable bonds is 11. The van der Waals surface area contributed by atoms with Crippen LogP contribution in [0.1, 0.15) is 48.8 Å². The first kappa shape index (κ1) is 20.9. The van der Waals surface area contributed by atoms with Crippen LogP contribution in [0.3, 0.4) is 0 Å². The maximum absolute atomic E-state index is 12.4. The number of hydrogen-bond acceptors (Lipinski definition) is 5. The van der Waals surface area contributed by atoms with Gasteiger partial charge in [-0.3, -0.25) is 9.59 Å². The molecular weight excluding hydrogens is 360 g/mol. The van der Waals surface area contributed by atoms with Crippen LogP contribution in [-0.2, 0) is 11.3 Å². The van der Waals surface area contributed by atoms with Crippen LogP contribution in [0, 0.1) is 6.92 Å². The van der Waals surface area contributed by atoms with Crippen molar-refractivity contribution in [3.63, 3.8) is 0 Å². The van der Waals surface area contributed by atoms with E-state index in [4.69, 9.17) is 0 Å². The average molecular weight is 387 g/mol. The van der Waals surface area contributed by atoms with Gasteiger partial charge in [0.15, 0.2) is 10.9 Å². The Hall–Kier alpha value is -2.41. The van der Waals surface area contributed by atoms with E-state index in [-0.39, 0.29) is 17.4 Å². The van der Waals surface area contributed by atoms with Gasteiger partial charge >= 0.3 is 0 Å². The van der Waals surface area contributed by atoms with E-state index < -0.39 is 0 Å². The van der Waals surface area contributed by atoms with E-state index in [2.05, 4.69) is 29.0 Å². The van der Waals surface area contributed by atoms with Crippen LogP contribution in [0.2, 0.25) is 0 Å². The lowest BCUT2D eigenvalue weighted by atomic mass is 10.1. The summed E-state index contributed by atoms with van der Waals surface area (Å²) in [4.78, 5) is 24.3. The molecule has 0 unspecified atom stereocenters. The van der Waals surface area contributed by atoms with Gasteiger partial charge in [-0.15, -0.1) is 16.8 Å². The van der Waals surface area contributed by atoms with E-state index in [1.165, 1.54) is 11.8 Å². The van der Waals surface area contributed by atoms with Crippen molar-refractivity contribution in [3.05, 3.63) is 48.3 Å². The van der Waals surface area contributed by atoms with Crippen LogP contribution < -0.4 is 5.32 Å². The molecule has 0 aliphatic heterocycles. The number of anilines is 1. The smallest absolute Gasteiger partial charge is 0.224 e. The van der Waals surface area contributed by atoms with Crippen molar-refractivity contribution in [2.45, 2.75) is 51.2 Å². The quantitative estimate of drug-likeness (QED) is 0.270. The number of aromatic nitrogens is 3. The van der Waals surface area contributed by atoms with Crippen molar-refractivity contribution >= 4 is 29.1 Å². The van der Waals surface area contributed by atoms with Crippen molar-refractivity contribution in [2.75, 3.05) is 11.1 Å². The second-order valence-electron chi connectivity index (χ2n) is 6.22. The minimum atomic E-state index is 0.00614. The molecule has 0 saturated carbocycles. The SMILES string of the molecule is C=CCn1c(C)nnc1SCC(=O)c1ccc(NC(=O)CCCCC)cc1. The number of benzene rings is 1. The van der Waals surface area contributed by atoms with E-state index >= 15 is 0 Å². The van der Waals surface area contributed by atoms with Gasteiger partial charge in [-0.25, -0.2) is 0 Å². The fourth-order valence-corrected chi connectivity index (χ4v) is 3.41. The minimum absolute atomic E-state index is 0.00614. The fraction of sp³-hybridized carbons (Fsp3) is 0.400. The molecule has 0 bridgehead atoms. The average Bonchev–Trinajstić information content (AvgIpc) is 3.01. The van der Waals surface area contributed by atoms with Crippen LogP contribution in [0.5, 0.6) is 0 Å². The molecule has 0 aliphatic rings. The maximum atomic E-state index is 12.4. The highest BCUT2D eigenvalue weighted by atomic mass is 32.2. The third-order valence-corrected chi connectivity index (χ3v) is 5.01. The van der Waals surface area contributed by atoms with Gasteiger partial charge < -0.3 is 9.88 Å². The molecule has 27 heavy (non-hydrogen) atoms. The Kier molecular flexibility index (Phi) is 8.26. The second kappa shape index (κ2) is 10.7. The van der Waals surface area contributed by atoms with Gasteiger partial charge in [0, 0.05) is 24.2 Å². The molecular formula is C20H26N4O2S. The molecule has 2 aromatic rings. The summed E-state index contributed by atoms with van der Waals surface area (Å²) in [6.45, 7) is 8.32. The molecule has 0 aliphatic carbocycles. The van der Waals surface area contributed by atoms with Gasteiger partial charge in [0.25, 0.3) is 0 Å². The van der Waals surface area contributed by atoms with Crippen LogP contribution in [0.25, 0.3) is 0 Å². The number of ketones is 1. The second-order valence-corrected chi connectivity index (χ2v) is 7.17. The number of nitrogens with zero attached hydrogens (tertiary/aromatic N) is 3. The summed E-state index contributed by atoms with van der Waals surface area (Å²) in [5.41, 5.74) is 1.32. The highest BCUT2D eigenvalue weighted by Gasteiger charge is 2.12. The first-order valence-electron chi connectivity index (χ1n) is 9.11. The molecule has 2 rings (SSSR count). The molecule has 1 heterocycles. The molecule has 1 aromatic heterocycles. The van der Waals surface area contributed by atoms with E-state index in [0.29, 0.717) is 29.4 Å². The number of nitrogens with one attached hydrogen (secondary N) is 1. The van der Waals surface area contributed by atoms with Crippen molar-refractivity contribution in [2.24, 2.45) is 0 Å². The number of carbonyl (C=O) groups excluding carboxylic acids is 2. The van der Waals surface area contributed by atoms with Gasteiger partial charge in [-0.05, 0) is 37.6 Å². The zero-order valence-corrected chi connectivity index (χ0v) is 16.7. The predicted octanol–water partition coefficient (Wildman–Crippen LogP) is 4.27. The molecule has 0 saturated heterocycles. The summed E-state index contributed by atoms with van der Waals surface area (Å²) < 4.78 is 1.92. The summed E-state index contributed by atoms with van der Waals surface area (Å²) in [6.07, 6.45) is 5.34. The highest BCUT2D eigenvalue weighted by Crippen LogP contribution is 2.19. The zero-order chi connectivity index (χ0) is 19.6. The lowest BCUT2D eigenvalue weighted by Crippen LogP contribution is -2.11. The van der Waals surface area contributed by atoms with E-state index in [0.717, 1.165) is 25.1 Å². The maximum Gasteiger partial charge on any atom is 0.224 e. The molecule has 144 valence electrons. The molecule has 0 spiro atoms. The molecule has 6 nitrogen and oxygen atoms in total. The number of amides is 1. The third-order valence-electron chi connectivity index (χ3n) is 4.04. The van der Waals surface area contributed by atoms with Crippen molar-refractivity contribution in [1.82, 2.24) is 14.8 Å². The number of thioether (sulfide) groups is 1. The number of allylic oxidation sites excluding steroid dienone is 1. The largest absolute Gasteiger partial charge is 0.326 e. The third kappa shape index (κ3) is 6.36. The van der Waals surface area contributed by atoms with Crippen LogP contribution in [0.15, 0.2) is 42.1 Å². The zero-order valence-electron chi connectivity index (χ0n) is 15.9. The monoisotopic (exact) mass is 386 g/mol. The minimum Gasteiger partial charge on any atom is -0.326 e. The van der Waals surface area contributed by atoms with Gasteiger partial charge in [0.1, 0.15) is 5.82 Å². The molecule has 0 atom stereocenters. The number of hydrogen-bond donors (Lipinski definition) is 1. The summed E-state index contributed by atoms with van der Waals surface area (Å²) >= 11 is 1.36. The summed E-state index contributed by atoms with van der Waals surface area (Å²) in [5, 5.41) is 11.7. The number of aryl methyl sites for hydroxylation is 1. The number of unbranched alkanes of at least 4 members (excludes halogenated alkanes) is 2. The Bertz CT molecular complexity index is 784. The van der Waals surface area contributed by atoms with Crippen molar-refractivity contribution in [3.8, 4) is 0 Å². The van der Waals surface area contributed by atoms with Gasteiger partial charge in [0.05, 0.1) is 5.75 Å². The van der Waals surface area contributed by atoms with Gasteiger partial charge in [-0.1, -0.05) is 37.6 Å². The Morgan fingerprint density at radius 3 is 2.63 bits per heavy atom. The van der Waals surface area contributed by atoms with Crippen molar-refractivity contribution in [1.29, 1.82) is 0 Å². The summed E-state index contributed by atoms with van der Waals surface area (Å²) in [5.74, 6) is 1.09.